The highest BCUT2D eigenvalue weighted by atomic mass is 35.5. The minimum atomic E-state index is -0.00396. The van der Waals surface area contributed by atoms with Crippen LogP contribution >= 0.6 is 35.0 Å². The molecule has 0 radical (unpaired) electrons. The van der Waals surface area contributed by atoms with Gasteiger partial charge >= 0.3 is 0 Å². The molecule has 0 bridgehead atoms. The third-order valence-corrected chi connectivity index (χ3v) is 6.12. The van der Waals surface area contributed by atoms with Crippen molar-refractivity contribution >= 4 is 40.9 Å². The SMILES string of the molecule is CN1CCN(C(=O)c2cccc(CSc3c(Cl)cccc3Cl)n2)CC1. The normalized spacial score (nSPS) is 15.4. The molecule has 1 fully saturated rings. The number of carbonyl (C=O) groups excluding carboxylic acids is 1. The highest BCUT2D eigenvalue weighted by molar-refractivity contribution is 7.98. The molecule has 1 aliphatic heterocycles. The number of benzene rings is 1. The molecule has 1 amide bonds. The van der Waals surface area contributed by atoms with Gasteiger partial charge < -0.3 is 9.80 Å². The lowest BCUT2D eigenvalue weighted by atomic mass is 10.2. The summed E-state index contributed by atoms with van der Waals surface area (Å²) in [5.41, 5.74) is 1.33. The van der Waals surface area contributed by atoms with Crippen LogP contribution in [-0.2, 0) is 5.75 Å². The predicted octanol–water partition coefficient (Wildman–Crippen LogP) is 4.07. The van der Waals surface area contributed by atoms with E-state index in [-0.39, 0.29) is 5.91 Å². The number of hydrogen-bond acceptors (Lipinski definition) is 4. The Morgan fingerprint density at radius 3 is 2.40 bits per heavy atom. The van der Waals surface area contributed by atoms with E-state index >= 15 is 0 Å². The van der Waals surface area contributed by atoms with Crippen molar-refractivity contribution in [2.24, 2.45) is 0 Å². The van der Waals surface area contributed by atoms with E-state index in [9.17, 15) is 4.79 Å². The maximum atomic E-state index is 12.6. The molecule has 1 aliphatic rings. The standard InChI is InChI=1S/C18H19Cl2N3OS/c1-22-8-10-23(11-9-22)18(24)16-7-2-4-13(21-16)12-25-17-14(19)5-3-6-15(17)20/h2-7H,8-12H2,1H3. The van der Waals surface area contributed by atoms with E-state index in [4.69, 9.17) is 23.2 Å². The van der Waals surface area contributed by atoms with Gasteiger partial charge in [-0.25, -0.2) is 4.98 Å². The van der Waals surface area contributed by atoms with Gasteiger partial charge in [0.25, 0.3) is 5.91 Å². The van der Waals surface area contributed by atoms with Crippen LogP contribution in [0.25, 0.3) is 0 Å². The van der Waals surface area contributed by atoms with Gasteiger partial charge in [0.15, 0.2) is 0 Å². The lowest BCUT2D eigenvalue weighted by molar-refractivity contribution is 0.0658. The van der Waals surface area contributed by atoms with Gasteiger partial charge in [-0.2, -0.15) is 0 Å². The van der Waals surface area contributed by atoms with Crippen LogP contribution in [0.2, 0.25) is 10.0 Å². The van der Waals surface area contributed by atoms with E-state index in [1.54, 1.807) is 6.07 Å². The second-order valence-corrected chi connectivity index (χ2v) is 7.75. The summed E-state index contributed by atoms with van der Waals surface area (Å²) in [5.74, 6) is 0.601. The van der Waals surface area contributed by atoms with Crippen molar-refractivity contribution in [3.05, 3.63) is 57.8 Å². The number of nitrogens with zero attached hydrogens (tertiary/aromatic N) is 3. The Morgan fingerprint density at radius 2 is 1.72 bits per heavy atom. The number of amides is 1. The molecule has 2 heterocycles. The number of pyridine rings is 1. The van der Waals surface area contributed by atoms with Crippen molar-refractivity contribution < 1.29 is 4.79 Å². The van der Waals surface area contributed by atoms with E-state index in [0.717, 1.165) is 36.8 Å². The minimum Gasteiger partial charge on any atom is -0.335 e. The van der Waals surface area contributed by atoms with Crippen LogP contribution < -0.4 is 0 Å². The molecule has 132 valence electrons. The molecule has 1 aromatic heterocycles. The molecule has 0 N–H and O–H groups in total. The molecule has 0 spiro atoms. The molecule has 3 rings (SSSR count). The number of hydrogen-bond donors (Lipinski definition) is 0. The highest BCUT2D eigenvalue weighted by Gasteiger charge is 2.21. The molecule has 25 heavy (non-hydrogen) atoms. The molecule has 2 aromatic rings. The van der Waals surface area contributed by atoms with E-state index < -0.39 is 0 Å². The number of piperazine rings is 1. The summed E-state index contributed by atoms with van der Waals surface area (Å²) in [7, 11) is 2.07. The Hall–Kier alpha value is -1.27. The zero-order valence-corrected chi connectivity index (χ0v) is 16.2. The topological polar surface area (TPSA) is 36.4 Å². The molecule has 0 aliphatic carbocycles. The molecular weight excluding hydrogens is 377 g/mol. The van der Waals surface area contributed by atoms with E-state index in [1.165, 1.54) is 11.8 Å². The fraction of sp³-hybridized carbons (Fsp3) is 0.333. The Bertz CT molecular complexity index is 743. The van der Waals surface area contributed by atoms with Gasteiger partial charge in [-0.1, -0.05) is 35.3 Å². The van der Waals surface area contributed by atoms with Crippen LogP contribution in [-0.4, -0.2) is 53.9 Å². The molecule has 7 heteroatoms. The average molecular weight is 396 g/mol. The van der Waals surface area contributed by atoms with Crippen molar-refractivity contribution in [2.75, 3.05) is 33.2 Å². The average Bonchev–Trinajstić information content (AvgIpc) is 2.62. The molecule has 4 nitrogen and oxygen atoms in total. The summed E-state index contributed by atoms with van der Waals surface area (Å²) in [6.07, 6.45) is 0. The number of likely N-dealkylation sites (N-methyl/N-ethyl adjacent to an activating group) is 1. The lowest BCUT2D eigenvalue weighted by Crippen LogP contribution is -2.47. The van der Waals surface area contributed by atoms with Crippen LogP contribution in [0.4, 0.5) is 0 Å². The van der Waals surface area contributed by atoms with Crippen LogP contribution in [0.5, 0.6) is 0 Å². The zero-order valence-electron chi connectivity index (χ0n) is 13.9. The summed E-state index contributed by atoms with van der Waals surface area (Å²) in [5, 5.41) is 1.25. The van der Waals surface area contributed by atoms with Crippen LogP contribution in [0.1, 0.15) is 16.2 Å². The number of rotatable bonds is 4. The Kier molecular flexibility index (Phi) is 6.23. The number of carbonyl (C=O) groups is 1. The second kappa shape index (κ2) is 8.41. The molecule has 0 atom stereocenters. The molecule has 1 aromatic carbocycles. The van der Waals surface area contributed by atoms with E-state index in [1.807, 2.05) is 35.2 Å². The third kappa shape index (κ3) is 4.67. The molecular formula is C18H19Cl2N3OS. The Morgan fingerprint density at radius 1 is 1.08 bits per heavy atom. The van der Waals surface area contributed by atoms with Crippen LogP contribution in [0, 0.1) is 0 Å². The Balaban J connectivity index is 1.68. The van der Waals surface area contributed by atoms with Gasteiger partial charge in [-0.15, -0.1) is 11.8 Å². The summed E-state index contributed by atoms with van der Waals surface area (Å²) in [4.78, 5) is 22.1. The summed E-state index contributed by atoms with van der Waals surface area (Å²) < 4.78 is 0. The lowest BCUT2D eigenvalue weighted by Gasteiger charge is -2.32. The largest absolute Gasteiger partial charge is 0.335 e. The zero-order chi connectivity index (χ0) is 17.8. The van der Waals surface area contributed by atoms with Gasteiger partial charge in [0.05, 0.1) is 15.7 Å². The predicted molar refractivity (Wildman–Crippen MR) is 104 cm³/mol. The van der Waals surface area contributed by atoms with Gasteiger partial charge in [0.1, 0.15) is 5.69 Å². The molecule has 0 unspecified atom stereocenters. The summed E-state index contributed by atoms with van der Waals surface area (Å²) >= 11 is 13.9. The summed E-state index contributed by atoms with van der Waals surface area (Å²) in [6, 6.07) is 11.0. The quantitative estimate of drug-likeness (QED) is 0.731. The minimum absolute atomic E-state index is 0.00396. The van der Waals surface area contributed by atoms with E-state index in [2.05, 4.69) is 16.9 Å². The maximum Gasteiger partial charge on any atom is 0.272 e. The maximum absolute atomic E-state index is 12.6. The van der Waals surface area contributed by atoms with Crippen molar-refractivity contribution in [2.45, 2.75) is 10.6 Å². The fourth-order valence-electron chi connectivity index (χ4n) is 2.62. The van der Waals surface area contributed by atoms with Crippen molar-refractivity contribution in [1.29, 1.82) is 0 Å². The third-order valence-electron chi connectivity index (χ3n) is 4.10. The first-order chi connectivity index (χ1) is 12.0. The number of aromatic nitrogens is 1. The van der Waals surface area contributed by atoms with E-state index in [0.29, 0.717) is 21.5 Å². The van der Waals surface area contributed by atoms with Crippen LogP contribution in [0.3, 0.4) is 0 Å². The fourth-order valence-corrected chi connectivity index (χ4v) is 4.21. The second-order valence-electron chi connectivity index (χ2n) is 5.95. The van der Waals surface area contributed by atoms with Gasteiger partial charge in [0, 0.05) is 36.8 Å². The first-order valence-corrected chi connectivity index (χ1v) is 9.79. The van der Waals surface area contributed by atoms with Gasteiger partial charge in [-0.3, -0.25) is 4.79 Å². The first kappa shape index (κ1) is 18.5. The number of halogens is 2. The molecule has 0 saturated carbocycles. The van der Waals surface area contributed by atoms with Crippen molar-refractivity contribution in [1.82, 2.24) is 14.8 Å². The summed E-state index contributed by atoms with van der Waals surface area (Å²) in [6.45, 7) is 3.27. The van der Waals surface area contributed by atoms with Crippen molar-refractivity contribution in [3.8, 4) is 0 Å². The highest BCUT2D eigenvalue weighted by Crippen LogP contribution is 2.35. The smallest absolute Gasteiger partial charge is 0.272 e. The van der Waals surface area contributed by atoms with Gasteiger partial charge in [-0.05, 0) is 31.3 Å². The first-order valence-electron chi connectivity index (χ1n) is 8.05. The molecule has 1 saturated heterocycles. The van der Waals surface area contributed by atoms with Crippen LogP contribution in [0.15, 0.2) is 41.3 Å². The van der Waals surface area contributed by atoms with Crippen molar-refractivity contribution in [3.63, 3.8) is 0 Å². The van der Waals surface area contributed by atoms with Gasteiger partial charge in [0.2, 0.25) is 0 Å². The monoisotopic (exact) mass is 395 g/mol. The number of thioether (sulfide) groups is 1. The Labute approximate surface area is 162 Å².